The Hall–Kier alpha value is -1.55. The van der Waals surface area contributed by atoms with Crippen LogP contribution < -0.4 is 0 Å². The third-order valence-corrected chi connectivity index (χ3v) is 2.41. The Morgan fingerprint density at radius 3 is 2.93 bits per heavy atom. The molecule has 0 bridgehead atoms. The maximum atomic E-state index is 11.8. The molecule has 0 radical (unpaired) electrons. The Labute approximate surface area is 85.5 Å². The van der Waals surface area contributed by atoms with Crippen molar-refractivity contribution in [2.75, 3.05) is 0 Å². The Balaban J connectivity index is 2.37. The summed E-state index contributed by atoms with van der Waals surface area (Å²) in [4.78, 5) is 19.8. The number of hydrogen-bond donors (Lipinski definition) is 0. The van der Waals surface area contributed by atoms with Crippen LogP contribution >= 0.6 is 11.3 Å². The van der Waals surface area contributed by atoms with Gasteiger partial charge < -0.3 is 0 Å². The first-order valence-corrected chi connectivity index (χ1v) is 5.07. The fourth-order valence-corrected chi connectivity index (χ4v) is 1.69. The minimum atomic E-state index is -0.0447. The summed E-state index contributed by atoms with van der Waals surface area (Å²) in [5.74, 6) is -0.0447. The Morgan fingerprint density at radius 1 is 1.43 bits per heavy atom. The predicted octanol–water partition coefficient (Wildman–Crippen LogP) is 2.08. The van der Waals surface area contributed by atoms with E-state index in [4.69, 9.17) is 0 Å². The summed E-state index contributed by atoms with van der Waals surface area (Å²) in [7, 11) is 0. The molecule has 0 atom stereocenters. The highest BCUT2D eigenvalue weighted by Crippen LogP contribution is 2.10. The van der Waals surface area contributed by atoms with E-state index in [1.165, 1.54) is 11.3 Å². The van der Waals surface area contributed by atoms with Crippen LogP contribution in [0.25, 0.3) is 0 Å². The van der Waals surface area contributed by atoms with Crippen molar-refractivity contribution < 1.29 is 4.79 Å². The van der Waals surface area contributed by atoms with E-state index < -0.39 is 0 Å². The van der Waals surface area contributed by atoms with Crippen LogP contribution in [0.1, 0.15) is 21.7 Å². The van der Waals surface area contributed by atoms with Crippen molar-refractivity contribution in [1.29, 1.82) is 0 Å². The van der Waals surface area contributed by atoms with E-state index in [1.54, 1.807) is 29.2 Å². The molecule has 2 aromatic heterocycles. The van der Waals surface area contributed by atoms with E-state index in [0.717, 1.165) is 5.69 Å². The minimum absolute atomic E-state index is 0.0447. The molecule has 0 unspecified atom stereocenters. The van der Waals surface area contributed by atoms with Crippen LogP contribution in [0, 0.1) is 6.92 Å². The van der Waals surface area contributed by atoms with Crippen LogP contribution in [-0.2, 0) is 0 Å². The third kappa shape index (κ3) is 1.70. The first-order chi connectivity index (χ1) is 6.77. The highest BCUT2D eigenvalue weighted by atomic mass is 32.1. The predicted molar refractivity (Wildman–Crippen MR) is 54.5 cm³/mol. The summed E-state index contributed by atoms with van der Waals surface area (Å²) in [6.07, 6.45) is 1.63. The van der Waals surface area contributed by atoms with Crippen LogP contribution in [0.15, 0.2) is 29.2 Å². The molecule has 0 aliphatic heterocycles. The lowest BCUT2D eigenvalue weighted by Crippen LogP contribution is -2.02. The first-order valence-electron chi connectivity index (χ1n) is 4.13. The smallest absolute Gasteiger partial charge is 0.212 e. The van der Waals surface area contributed by atoms with E-state index >= 15 is 0 Å². The quantitative estimate of drug-likeness (QED) is 0.703. The van der Waals surface area contributed by atoms with Crippen LogP contribution in [0.2, 0.25) is 0 Å². The maximum Gasteiger partial charge on any atom is 0.212 e. The van der Waals surface area contributed by atoms with Crippen LogP contribution in [0.3, 0.4) is 0 Å². The second kappa shape index (κ2) is 3.67. The summed E-state index contributed by atoms with van der Waals surface area (Å²) >= 11 is 1.42. The van der Waals surface area contributed by atoms with Gasteiger partial charge in [0, 0.05) is 22.8 Å². The molecule has 14 heavy (non-hydrogen) atoms. The molecule has 2 heterocycles. The van der Waals surface area contributed by atoms with Crippen LogP contribution in [0.4, 0.5) is 0 Å². The second-order valence-corrected chi connectivity index (χ2v) is 3.61. The van der Waals surface area contributed by atoms with Crippen molar-refractivity contribution >= 4 is 17.1 Å². The van der Waals surface area contributed by atoms with Crippen molar-refractivity contribution in [1.82, 2.24) is 9.97 Å². The average Bonchev–Trinajstić information content (AvgIpc) is 2.69. The molecule has 0 amide bonds. The third-order valence-electron chi connectivity index (χ3n) is 1.82. The summed E-state index contributed by atoms with van der Waals surface area (Å²) in [5.41, 5.74) is 3.64. The highest BCUT2D eigenvalue weighted by molar-refractivity contribution is 7.07. The maximum absolute atomic E-state index is 11.8. The highest BCUT2D eigenvalue weighted by Gasteiger charge is 2.10. The van der Waals surface area contributed by atoms with Crippen molar-refractivity contribution in [2.45, 2.75) is 6.92 Å². The van der Waals surface area contributed by atoms with E-state index in [2.05, 4.69) is 9.97 Å². The number of nitrogens with zero attached hydrogens (tertiary/aromatic N) is 2. The topological polar surface area (TPSA) is 42.9 Å². The molecule has 2 aromatic rings. The molecule has 0 fully saturated rings. The normalized spacial score (nSPS) is 10.1. The summed E-state index contributed by atoms with van der Waals surface area (Å²) in [5, 5.41) is 1.75. The Morgan fingerprint density at radius 2 is 2.29 bits per heavy atom. The van der Waals surface area contributed by atoms with Crippen molar-refractivity contribution in [3.05, 3.63) is 46.2 Å². The molecule has 0 aliphatic carbocycles. The van der Waals surface area contributed by atoms with Gasteiger partial charge in [0.05, 0.1) is 5.51 Å². The number of ketones is 1. The number of hydrogen-bond acceptors (Lipinski definition) is 4. The van der Waals surface area contributed by atoms with E-state index in [0.29, 0.717) is 11.3 Å². The molecule has 0 N–H and O–H groups in total. The molecule has 0 saturated carbocycles. The van der Waals surface area contributed by atoms with Gasteiger partial charge >= 0.3 is 0 Å². The zero-order chi connectivity index (χ0) is 9.97. The molecule has 0 aromatic carbocycles. The lowest BCUT2D eigenvalue weighted by Gasteiger charge is -1.97. The molecule has 2 rings (SSSR count). The van der Waals surface area contributed by atoms with Gasteiger partial charge in [-0.15, -0.1) is 11.3 Å². The number of carbonyl (C=O) groups excluding carboxylic acids is 1. The van der Waals surface area contributed by atoms with Gasteiger partial charge in [-0.2, -0.15) is 0 Å². The summed E-state index contributed by atoms with van der Waals surface area (Å²) < 4.78 is 0. The van der Waals surface area contributed by atoms with Gasteiger partial charge in [0.25, 0.3) is 0 Å². The van der Waals surface area contributed by atoms with Gasteiger partial charge in [0.1, 0.15) is 5.69 Å². The van der Waals surface area contributed by atoms with E-state index in [1.807, 2.05) is 6.92 Å². The van der Waals surface area contributed by atoms with Gasteiger partial charge in [-0.1, -0.05) is 0 Å². The molecule has 0 aliphatic rings. The molecular weight excluding hydrogens is 196 g/mol. The Kier molecular flexibility index (Phi) is 2.37. The van der Waals surface area contributed by atoms with Crippen LogP contribution in [0.5, 0.6) is 0 Å². The average molecular weight is 204 g/mol. The van der Waals surface area contributed by atoms with Crippen molar-refractivity contribution in [3.63, 3.8) is 0 Å². The number of thiazole rings is 1. The summed E-state index contributed by atoms with van der Waals surface area (Å²) in [6.45, 7) is 1.86. The molecule has 4 heteroatoms. The Bertz CT molecular complexity index is 451. The molecule has 0 saturated heterocycles. The summed E-state index contributed by atoms with van der Waals surface area (Å²) in [6, 6.07) is 3.47. The van der Waals surface area contributed by atoms with Crippen molar-refractivity contribution in [2.24, 2.45) is 0 Å². The molecule has 3 nitrogen and oxygen atoms in total. The zero-order valence-electron chi connectivity index (χ0n) is 7.60. The zero-order valence-corrected chi connectivity index (χ0v) is 8.41. The van der Waals surface area contributed by atoms with Gasteiger partial charge in [-0.25, -0.2) is 4.98 Å². The monoisotopic (exact) mass is 204 g/mol. The van der Waals surface area contributed by atoms with Crippen molar-refractivity contribution in [3.8, 4) is 0 Å². The lowest BCUT2D eigenvalue weighted by atomic mass is 10.1. The van der Waals surface area contributed by atoms with E-state index in [9.17, 15) is 4.79 Å². The lowest BCUT2D eigenvalue weighted by molar-refractivity contribution is 0.103. The number of aromatic nitrogens is 2. The number of aryl methyl sites for hydroxylation is 1. The molecule has 0 spiro atoms. The fourth-order valence-electron chi connectivity index (χ4n) is 1.16. The largest absolute Gasteiger partial charge is 0.287 e. The van der Waals surface area contributed by atoms with Crippen LogP contribution in [-0.4, -0.2) is 15.8 Å². The van der Waals surface area contributed by atoms with Gasteiger partial charge in [0.2, 0.25) is 5.78 Å². The standard InChI is InChI=1S/C10H8N2OS/c1-7-4-8(2-3-11-7)10(13)9-5-14-6-12-9/h2-6H,1H3. The number of pyridine rings is 1. The molecule has 70 valence electrons. The van der Waals surface area contributed by atoms with E-state index in [-0.39, 0.29) is 5.78 Å². The SMILES string of the molecule is Cc1cc(C(=O)c2cscn2)ccn1. The van der Waals surface area contributed by atoms with Gasteiger partial charge in [-0.3, -0.25) is 9.78 Å². The number of carbonyl (C=O) groups is 1. The first kappa shape index (κ1) is 9.02. The minimum Gasteiger partial charge on any atom is -0.287 e. The molecular formula is C10H8N2OS. The van der Waals surface area contributed by atoms with Gasteiger partial charge in [0.15, 0.2) is 0 Å². The van der Waals surface area contributed by atoms with Gasteiger partial charge in [-0.05, 0) is 19.1 Å². The fraction of sp³-hybridized carbons (Fsp3) is 0.100. The second-order valence-electron chi connectivity index (χ2n) is 2.89. The number of rotatable bonds is 2.